The van der Waals surface area contributed by atoms with Crippen molar-refractivity contribution in [2.24, 2.45) is 0 Å². The molecule has 3 rings (SSSR count). The van der Waals surface area contributed by atoms with Crippen LogP contribution in [0.1, 0.15) is 18.9 Å². The predicted octanol–water partition coefficient (Wildman–Crippen LogP) is 2.50. The summed E-state index contributed by atoms with van der Waals surface area (Å²) < 4.78 is 3.11. The fourth-order valence-electron chi connectivity index (χ4n) is 2.47. The second kappa shape index (κ2) is 6.32. The lowest BCUT2D eigenvalue weighted by atomic mass is 10.2. The Morgan fingerprint density at radius 3 is 2.86 bits per heavy atom. The molecule has 0 aliphatic rings. The topological polar surface area (TPSA) is 55.6 Å². The van der Waals surface area contributed by atoms with Gasteiger partial charge in [0.2, 0.25) is 0 Å². The molecular formula is C15H19N5S. The third-order valence-corrected chi connectivity index (χ3v) is 4.37. The smallest absolute Gasteiger partial charge is 0.137 e. The molecule has 21 heavy (non-hydrogen) atoms. The number of benzene rings is 1. The second-order valence-electron chi connectivity index (χ2n) is 5.37. The van der Waals surface area contributed by atoms with Crippen molar-refractivity contribution in [3.63, 3.8) is 0 Å². The van der Waals surface area contributed by atoms with Gasteiger partial charge in [-0.3, -0.25) is 4.68 Å². The van der Waals surface area contributed by atoms with Crippen LogP contribution in [0.5, 0.6) is 0 Å². The number of rotatable bonds is 6. The van der Waals surface area contributed by atoms with E-state index in [1.165, 1.54) is 9.71 Å². The van der Waals surface area contributed by atoms with Crippen molar-refractivity contribution in [3.8, 4) is 0 Å². The third-order valence-electron chi connectivity index (χ3n) is 3.32. The van der Waals surface area contributed by atoms with Gasteiger partial charge in [0.15, 0.2) is 0 Å². The molecule has 1 aromatic carbocycles. The maximum Gasteiger partial charge on any atom is 0.137 e. The molecule has 2 heterocycles. The van der Waals surface area contributed by atoms with E-state index in [9.17, 15) is 0 Å². The van der Waals surface area contributed by atoms with Crippen LogP contribution in [0.25, 0.3) is 10.2 Å². The molecule has 6 heteroatoms. The molecule has 0 saturated carbocycles. The first kappa shape index (κ1) is 14.2. The Morgan fingerprint density at radius 2 is 2.10 bits per heavy atom. The average molecular weight is 301 g/mol. The summed E-state index contributed by atoms with van der Waals surface area (Å²) in [7, 11) is 0. The zero-order valence-corrected chi connectivity index (χ0v) is 13.0. The van der Waals surface area contributed by atoms with Crippen molar-refractivity contribution in [2.75, 3.05) is 0 Å². The van der Waals surface area contributed by atoms with Gasteiger partial charge in [-0.2, -0.15) is 5.10 Å². The lowest BCUT2D eigenvalue weighted by Gasteiger charge is -2.19. The molecule has 2 aromatic heterocycles. The summed E-state index contributed by atoms with van der Waals surface area (Å²) in [6.07, 6.45) is 4.26. The Kier molecular flexibility index (Phi) is 4.26. The maximum atomic E-state index is 4.69. The third kappa shape index (κ3) is 3.65. The van der Waals surface area contributed by atoms with Crippen molar-refractivity contribution in [1.29, 1.82) is 0 Å². The lowest BCUT2D eigenvalue weighted by Crippen LogP contribution is -2.38. The molecule has 5 nitrogen and oxygen atoms in total. The number of aromatic nitrogens is 4. The number of hydrogen-bond acceptors (Lipinski definition) is 5. The van der Waals surface area contributed by atoms with Gasteiger partial charge >= 0.3 is 0 Å². The minimum Gasteiger partial charge on any atom is -0.310 e. The molecule has 0 aliphatic heterocycles. The van der Waals surface area contributed by atoms with Gasteiger partial charge in [0.25, 0.3) is 0 Å². The monoisotopic (exact) mass is 301 g/mol. The van der Waals surface area contributed by atoms with E-state index in [-0.39, 0.29) is 0 Å². The number of fused-ring (bicyclic) bond motifs is 1. The van der Waals surface area contributed by atoms with Crippen LogP contribution in [-0.2, 0) is 13.0 Å². The Bertz CT molecular complexity index is 658. The zero-order chi connectivity index (χ0) is 14.7. The fraction of sp³-hybridized carbons (Fsp3) is 0.400. The molecule has 0 bridgehead atoms. The molecule has 0 unspecified atom stereocenters. The Labute approximate surface area is 128 Å². The first-order chi connectivity index (χ1) is 10.2. The van der Waals surface area contributed by atoms with E-state index < -0.39 is 0 Å². The van der Waals surface area contributed by atoms with E-state index >= 15 is 0 Å². The summed E-state index contributed by atoms with van der Waals surface area (Å²) in [6.45, 7) is 5.19. The minimum atomic E-state index is 0.344. The number of thiazole rings is 1. The van der Waals surface area contributed by atoms with Crippen LogP contribution < -0.4 is 5.32 Å². The SMILES string of the molecule is C[C@H](Cc1nc2ccccc2s1)N[C@H](C)Cn1cncn1. The summed E-state index contributed by atoms with van der Waals surface area (Å²) in [5.41, 5.74) is 1.10. The van der Waals surface area contributed by atoms with Crippen molar-refractivity contribution >= 4 is 21.6 Å². The van der Waals surface area contributed by atoms with E-state index in [4.69, 9.17) is 0 Å². The summed E-state index contributed by atoms with van der Waals surface area (Å²) >= 11 is 1.78. The van der Waals surface area contributed by atoms with Crippen molar-refractivity contribution in [1.82, 2.24) is 25.1 Å². The van der Waals surface area contributed by atoms with Gasteiger partial charge in [-0.05, 0) is 26.0 Å². The van der Waals surface area contributed by atoms with Gasteiger partial charge in [-0.25, -0.2) is 9.97 Å². The predicted molar refractivity (Wildman–Crippen MR) is 85.4 cm³/mol. The molecule has 2 atom stereocenters. The van der Waals surface area contributed by atoms with Crippen LogP contribution in [0, 0.1) is 0 Å². The molecule has 1 N–H and O–H groups in total. The summed E-state index contributed by atoms with van der Waals surface area (Å²) in [6, 6.07) is 9.02. The average Bonchev–Trinajstić information content (AvgIpc) is 3.06. The zero-order valence-electron chi connectivity index (χ0n) is 12.2. The fourth-order valence-corrected chi connectivity index (χ4v) is 3.57. The van der Waals surface area contributed by atoms with Crippen molar-refractivity contribution in [2.45, 2.75) is 38.9 Å². The number of para-hydroxylation sites is 1. The quantitative estimate of drug-likeness (QED) is 0.760. The molecule has 0 aliphatic carbocycles. The first-order valence-electron chi connectivity index (χ1n) is 7.13. The van der Waals surface area contributed by atoms with Gasteiger partial charge in [-0.1, -0.05) is 12.1 Å². The van der Waals surface area contributed by atoms with Crippen LogP contribution in [0.4, 0.5) is 0 Å². The van der Waals surface area contributed by atoms with Gasteiger partial charge in [0, 0.05) is 18.5 Å². The number of nitrogens with zero attached hydrogens (tertiary/aromatic N) is 4. The Hall–Kier alpha value is -1.79. The van der Waals surface area contributed by atoms with E-state index in [2.05, 4.69) is 52.4 Å². The molecule has 0 amide bonds. The van der Waals surface area contributed by atoms with E-state index in [0.29, 0.717) is 12.1 Å². The molecule has 0 fully saturated rings. The molecule has 0 radical (unpaired) electrons. The molecule has 110 valence electrons. The van der Waals surface area contributed by atoms with Crippen molar-refractivity contribution < 1.29 is 0 Å². The van der Waals surface area contributed by atoms with Crippen LogP contribution in [0.2, 0.25) is 0 Å². The first-order valence-corrected chi connectivity index (χ1v) is 7.95. The van der Waals surface area contributed by atoms with Gasteiger partial charge in [0.1, 0.15) is 12.7 Å². The summed E-state index contributed by atoms with van der Waals surface area (Å²) in [4.78, 5) is 8.65. The van der Waals surface area contributed by atoms with E-state index in [1.54, 1.807) is 24.0 Å². The lowest BCUT2D eigenvalue weighted by molar-refractivity contribution is 0.405. The summed E-state index contributed by atoms with van der Waals surface area (Å²) in [5, 5.41) is 8.90. The normalized spacial score (nSPS) is 14.4. The van der Waals surface area contributed by atoms with E-state index in [1.807, 2.05) is 10.7 Å². The Morgan fingerprint density at radius 1 is 1.24 bits per heavy atom. The largest absolute Gasteiger partial charge is 0.310 e. The van der Waals surface area contributed by atoms with Gasteiger partial charge in [-0.15, -0.1) is 11.3 Å². The van der Waals surface area contributed by atoms with Gasteiger partial charge in [0.05, 0.1) is 21.8 Å². The molecule has 0 spiro atoms. The maximum absolute atomic E-state index is 4.69. The van der Waals surface area contributed by atoms with Crippen LogP contribution in [0.15, 0.2) is 36.9 Å². The molecule has 3 aromatic rings. The number of hydrogen-bond donors (Lipinski definition) is 1. The summed E-state index contributed by atoms with van der Waals surface area (Å²) in [5.74, 6) is 0. The highest BCUT2D eigenvalue weighted by molar-refractivity contribution is 7.18. The molecule has 0 saturated heterocycles. The molecular weight excluding hydrogens is 282 g/mol. The second-order valence-corrected chi connectivity index (χ2v) is 6.48. The highest BCUT2D eigenvalue weighted by atomic mass is 32.1. The van der Waals surface area contributed by atoms with Crippen LogP contribution in [-0.4, -0.2) is 31.8 Å². The van der Waals surface area contributed by atoms with Crippen molar-refractivity contribution in [3.05, 3.63) is 41.9 Å². The standard InChI is InChI=1S/C15H19N5S/c1-11(18-12(2)8-20-10-16-9-17-20)7-15-19-13-5-3-4-6-14(13)21-15/h3-6,9-12,18H,7-8H2,1-2H3/t11-,12-/m1/s1. The number of nitrogens with one attached hydrogen (secondary N) is 1. The minimum absolute atomic E-state index is 0.344. The van der Waals surface area contributed by atoms with Crippen LogP contribution in [0.3, 0.4) is 0 Å². The van der Waals surface area contributed by atoms with E-state index in [0.717, 1.165) is 18.5 Å². The highest BCUT2D eigenvalue weighted by Crippen LogP contribution is 2.22. The van der Waals surface area contributed by atoms with Gasteiger partial charge < -0.3 is 5.32 Å². The highest BCUT2D eigenvalue weighted by Gasteiger charge is 2.11. The van der Waals surface area contributed by atoms with Crippen LogP contribution >= 0.6 is 11.3 Å². The Balaban J connectivity index is 1.56.